The van der Waals surface area contributed by atoms with Crippen molar-refractivity contribution in [1.82, 2.24) is 4.57 Å². The van der Waals surface area contributed by atoms with Gasteiger partial charge in [0.05, 0.1) is 19.2 Å². The highest BCUT2D eigenvalue weighted by Gasteiger charge is 2.36. The number of rotatable bonds is 4. The Morgan fingerprint density at radius 3 is 2.39 bits per heavy atom. The van der Waals surface area contributed by atoms with Crippen LogP contribution < -0.4 is 10.3 Å². The van der Waals surface area contributed by atoms with Crippen LogP contribution in [0.3, 0.4) is 0 Å². The Bertz CT molecular complexity index is 1100. The summed E-state index contributed by atoms with van der Waals surface area (Å²) in [5, 5.41) is 0. The minimum atomic E-state index is -4.82. The Hall–Kier alpha value is -3.53. The lowest BCUT2D eigenvalue weighted by Crippen LogP contribution is -2.25. The van der Waals surface area contributed by atoms with Crippen molar-refractivity contribution in [1.29, 1.82) is 0 Å². The maximum atomic E-state index is 13.5. The van der Waals surface area contributed by atoms with Gasteiger partial charge in [0, 0.05) is 17.8 Å². The molecular formula is C21H15F3N2O2. The third kappa shape index (κ3) is 3.76. The standard InChI is InChI=1S/C21H15F3N2O2/c1-25-19-17(21(22,23)24)12-18(15-9-6-10-16(11-15)28-2)26(20(19)27)13-14-7-4-3-5-8-14/h3-12H,13H2,2H3. The fraction of sp³-hybridized carbons (Fsp3) is 0.143. The summed E-state index contributed by atoms with van der Waals surface area (Å²) in [5.41, 5.74) is -1.98. The van der Waals surface area contributed by atoms with Crippen molar-refractivity contribution in [2.75, 3.05) is 7.11 Å². The van der Waals surface area contributed by atoms with Gasteiger partial charge in [0.2, 0.25) is 0 Å². The number of halogens is 3. The highest BCUT2D eigenvalue weighted by Crippen LogP contribution is 2.37. The molecule has 1 aromatic heterocycles. The highest BCUT2D eigenvalue weighted by molar-refractivity contribution is 5.67. The molecule has 0 saturated carbocycles. The maximum absolute atomic E-state index is 13.5. The summed E-state index contributed by atoms with van der Waals surface area (Å²) in [6.07, 6.45) is -4.82. The van der Waals surface area contributed by atoms with Crippen LogP contribution >= 0.6 is 0 Å². The van der Waals surface area contributed by atoms with E-state index < -0.39 is 23.0 Å². The van der Waals surface area contributed by atoms with Gasteiger partial charge in [-0.3, -0.25) is 4.79 Å². The first-order chi connectivity index (χ1) is 13.3. The summed E-state index contributed by atoms with van der Waals surface area (Å²) >= 11 is 0. The molecule has 7 heteroatoms. The van der Waals surface area contributed by atoms with E-state index in [1.165, 1.54) is 11.7 Å². The first-order valence-electron chi connectivity index (χ1n) is 8.26. The molecule has 0 radical (unpaired) electrons. The summed E-state index contributed by atoms with van der Waals surface area (Å²) in [6.45, 7) is 7.15. The predicted molar refractivity (Wildman–Crippen MR) is 99.5 cm³/mol. The molecule has 4 nitrogen and oxygen atoms in total. The van der Waals surface area contributed by atoms with Crippen LogP contribution in [0.4, 0.5) is 18.9 Å². The first-order valence-corrected chi connectivity index (χ1v) is 8.26. The summed E-state index contributed by atoms with van der Waals surface area (Å²) in [4.78, 5) is 15.7. The summed E-state index contributed by atoms with van der Waals surface area (Å²) in [6, 6.07) is 16.1. The topological polar surface area (TPSA) is 35.6 Å². The Kier molecular flexibility index (Phi) is 5.23. The van der Waals surface area contributed by atoms with Crippen LogP contribution in [0.25, 0.3) is 16.1 Å². The Balaban J connectivity index is 2.32. The van der Waals surface area contributed by atoms with E-state index in [-0.39, 0.29) is 12.2 Å². The van der Waals surface area contributed by atoms with Gasteiger partial charge in [-0.15, -0.1) is 0 Å². The minimum absolute atomic E-state index is 0.0346. The molecule has 2 aromatic carbocycles. The minimum Gasteiger partial charge on any atom is -0.497 e. The summed E-state index contributed by atoms with van der Waals surface area (Å²) < 4.78 is 46.8. The molecule has 0 unspecified atom stereocenters. The normalized spacial score (nSPS) is 11.1. The molecule has 3 aromatic rings. The van der Waals surface area contributed by atoms with Gasteiger partial charge in [0.15, 0.2) is 0 Å². The summed E-state index contributed by atoms with van der Waals surface area (Å²) in [5.74, 6) is 0.444. The number of nitrogens with zero attached hydrogens (tertiary/aromatic N) is 2. The number of benzene rings is 2. The molecule has 0 aliphatic rings. The van der Waals surface area contributed by atoms with Crippen molar-refractivity contribution in [3.63, 3.8) is 0 Å². The van der Waals surface area contributed by atoms with Crippen LogP contribution in [-0.2, 0) is 12.7 Å². The molecule has 0 N–H and O–H groups in total. The van der Waals surface area contributed by atoms with Gasteiger partial charge in [-0.1, -0.05) is 42.5 Å². The maximum Gasteiger partial charge on any atom is 0.407 e. The van der Waals surface area contributed by atoms with E-state index in [1.807, 2.05) is 0 Å². The quantitative estimate of drug-likeness (QED) is 0.584. The van der Waals surface area contributed by atoms with E-state index in [1.54, 1.807) is 54.6 Å². The van der Waals surface area contributed by atoms with Gasteiger partial charge in [-0.05, 0) is 23.8 Å². The fourth-order valence-corrected chi connectivity index (χ4v) is 2.90. The Morgan fingerprint density at radius 1 is 1.07 bits per heavy atom. The number of methoxy groups -OCH3 is 1. The van der Waals surface area contributed by atoms with Gasteiger partial charge < -0.3 is 9.30 Å². The van der Waals surface area contributed by atoms with Gasteiger partial charge >= 0.3 is 6.18 Å². The number of hydrogen-bond donors (Lipinski definition) is 0. The van der Waals surface area contributed by atoms with Crippen LogP contribution in [0.1, 0.15) is 11.1 Å². The van der Waals surface area contributed by atoms with E-state index in [0.717, 1.165) is 11.6 Å². The molecule has 0 spiro atoms. The van der Waals surface area contributed by atoms with Crippen molar-refractivity contribution in [3.05, 3.63) is 93.6 Å². The lowest BCUT2D eigenvalue weighted by Gasteiger charge is -2.18. The highest BCUT2D eigenvalue weighted by atomic mass is 19.4. The molecule has 142 valence electrons. The molecule has 1 heterocycles. The lowest BCUT2D eigenvalue weighted by atomic mass is 10.1. The smallest absolute Gasteiger partial charge is 0.407 e. The predicted octanol–water partition coefficient (Wildman–Crippen LogP) is 5.14. The zero-order chi connectivity index (χ0) is 20.3. The SMILES string of the molecule is [C-]#[N+]c1c(C(F)(F)F)cc(-c2cccc(OC)c2)n(Cc2ccccc2)c1=O. The third-order valence-corrected chi connectivity index (χ3v) is 4.24. The van der Waals surface area contributed by atoms with Gasteiger partial charge in [0.1, 0.15) is 5.75 Å². The second-order valence-electron chi connectivity index (χ2n) is 6.01. The van der Waals surface area contributed by atoms with Crippen molar-refractivity contribution >= 4 is 5.69 Å². The van der Waals surface area contributed by atoms with Gasteiger partial charge in [-0.25, -0.2) is 4.85 Å². The average Bonchev–Trinajstić information content (AvgIpc) is 2.69. The molecule has 0 fully saturated rings. The van der Waals surface area contributed by atoms with Crippen LogP contribution in [0, 0.1) is 6.57 Å². The first kappa shape index (κ1) is 19.2. The van der Waals surface area contributed by atoms with Crippen molar-refractivity contribution < 1.29 is 17.9 Å². The van der Waals surface area contributed by atoms with Crippen molar-refractivity contribution in [2.24, 2.45) is 0 Å². The largest absolute Gasteiger partial charge is 0.497 e. The number of ether oxygens (including phenoxy) is 1. The van der Waals surface area contributed by atoms with Gasteiger partial charge in [-0.2, -0.15) is 13.2 Å². The number of aromatic nitrogens is 1. The van der Waals surface area contributed by atoms with E-state index in [2.05, 4.69) is 4.85 Å². The molecule has 3 rings (SSSR count). The Labute approximate surface area is 159 Å². The van der Waals surface area contributed by atoms with Gasteiger partial charge in [0.25, 0.3) is 11.2 Å². The molecule has 0 saturated heterocycles. The molecule has 28 heavy (non-hydrogen) atoms. The molecular weight excluding hydrogens is 369 g/mol. The average molecular weight is 384 g/mol. The number of pyridine rings is 1. The van der Waals surface area contributed by atoms with Crippen LogP contribution in [-0.4, -0.2) is 11.7 Å². The molecule has 0 amide bonds. The fourth-order valence-electron chi connectivity index (χ4n) is 2.90. The van der Waals surface area contributed by atoms with Crippen molar-refractivity contribution in [3.8, 4) is 17.0 Å². The van der Waals surface area contributed by atoms with E-state index >= 15 is 0 Å². The second kappa shape index (κ2) is 7.61. The Morgan fingerprint density at radius 2 is 1.79 bits per heavy atom. The molecule has 0 aliphatic carbocycles. The van der Waals surface area contributed by atoms with E-state index in [9.17, 15) is 18.0 Å². The third-order valence-electron chi connectivity index (χ3n) is 4.24. The van der Waals surface area contributed by atoms with Crippen molar-refractivity contribution in [2.45, 2.75) is 12.7 Å². The summed E-state index contributed by atoms with van der Waals surface area (Å²) in [7, 11) is 1.44. The number of alkyl halides is 3. The van der Waals surface area contributed by atoms with Crippen LogP contribution in [0.15, 0.2) is 65.5 Å². The molecule has 0 aliphatic heterocycles. The zero-order valence-electron chi connectivity index (χ0n) is 14.8. The molecule has 0 bridgehead atoms. The van der Waals surface area contributed by atoms with E-state index in [4.69, 9.17) is 11.3 Å². The molecule has 0 atom stereocenters. The zero-order valence-corrected chi connectivity index (χ0v) is 14.8. The number of hydrogen-bond acceptors (Lipinski definition) is 2. The van der Waals surface area contributed by atoms with Crippen LogP contribution in [0.5, 0.6) is 5.75 Å². The van der Waals surface area contributed by atoms with Crippen LogP contribution in [0.2, 0.25) is 0 Å². The lowest BCUT2D eigenvalue weighted by molar-refractivity contribution is -0.136. The van der Waals surface area contributed by atoms with E-state index in [0.29, 0.717) is 11.3 Å². The second-order valence-corrected chi connectivity index (χ2v) is 6.01. The monoisotopic (exact) mass is 384 g/mol.